The van der Waals surface area contributed by atoms with Crippen LogP contribution in [0.1, 0.15) is 36.4 Å². The van der Waals surface area contributed by atoms with Gasteiger partial charge in [0.15, 0.2) is 0 Å². The molecule has 0 fully saturated rings. The highest BCUT2D eigenvalue weighted by molar-refractivity contribution is 9.10. The summed E-state index contributed by atoms with van der Waals surface area (Å²) in [6.07, 6.45) is 5.55. The molecule has 0 spiro atoms. The molecule has 3 atom stereocenters. The minimum absolute atomic E-state index is 0.0524. The van der Waals surface area contributed by atoms with Crippen molar-refractivity contribution in [1.29, 1.82) is 0 Å². The van der Waals surface area contributed by atoms with Gasteiger partial charge in [-0.2, -0.15) is 0 Å². The molecule has 2 N–H and O–H groups in total. The number of rotatable bonds is 3. The molecule has 4 heteroatoms. The standard InChI is InChI=1S/C20H20BrNO2/c1-2-24-18-8-4-7-15-13-5-3-6-14(13)19(22-20(15)18)16-11-12(21)9-10-17(16)23/h3-5,7-11,13-14,19,22-23H,2,6H2,1H3. The van der Waals surface area contributed by atoms with E-state index in [2.05, 4.69) is 45.5 Å². The Balaban J connectivity index is 1.83. The highest BCUT2D eigenvalue weighted by Crippen LogP contribution is 2.53. The Bertz CT molecular complexity index is 802. The van der Waals surface area contributed by atoms with Crippen LogP contribution in [-0.2, 0) is 0 Å². The normalized spacial score (nSPS) is 24.2. The van der Waals surface area contributed by atoms with Crippen molar-refractivity contribution in [2.24, 2.45) is 5.92 Å². The summed E-state index contributed by atoms with van der Waals surface area (Å²) in [4.78, 5) is 0. The van der Waals surface area contributed by atoms with E-state index in [-0.39, 0.29) is 6.04 Å². The Kier molecular flexibility index (Phi) is 4.01. The smallest absolute Gasteiger partial charge is 0.142 e. The third kappa shape index (κ3) is 2.49. The third-order valence-corrected chi connectivity index (χ3v) is 5.48. The zero-order chi connectivity index (χ0) is 16.7. The van der Waals surface area contributed by atoms with Crippen molar-refractivity contribution in [1.82, 2.24) is 0 Å². The average Bonchev–Trinajstić information content (AvgIpc) is 3.07. The molecule has 0 amide bonds. The minimum atomic E-state index is 0.0524. The Morgan fingerprint density at radius 2 is 2.12 bits per heavy atom. The van der Waals surface area contributed by atoms with Crippen molar-refractivity contribution in [3.05, 3.63) is 64.1 Å². The van der Waals surface area contributed by atoms with Crippen molar-refractivity contribution < 1.29 is 9.84 Å². The van der Waals surface area contributed by atoms with Crippen LogP contribution in [0.3, 0.4) is 0 Å². The zero-order valence-electron chi connectivity index (χ0n) is 13.5. The van der Waals surface area contributed by atoms with Gasteiger partial charge in [0.2, 0.25) is 0 Å². The summed E-state index contributed by atoms with van der Waals surface area (Å²) in [5.41, 5.74) is 3.27. The number of phenolic OH excluding ortho intramolecular Hbond substituents is 1. The van der Waals surface area contributed by atoms with E-state index in [0.29, 0.717) is 24.2 Å². The summed E-state index contributed by atoms with van der Waals surface area (Å²) in [6.45, 7) is 2.63. The minimum Gasteiger partial charge on any atom is -0.508 e. The lowest BCUT2D eigenvalue weighted by molar-refractivity contribution is 0.336. The first kappa shape index (κ1) is 15.6. The molecule has 1 heterocycles. The summed E-state index contributed by atoms with van der Waals surface area (Å²) in [7, 11) is 0. The van der Waals surface area contributed by atoms with Crippen molar-refractivity contribution in [2.45, 2.75) is 25.3 Å². The summed E-state index contributed by atoms with van der Waals surface area (Å²) in [5.74, 6) is 1.96. The van der Waals surface area contributed by atoms with Crippen LogP contribution in [0.25, 0.3) is 0 Å². The second-order valence-corrected chi connectivity index (χ2v) is 7.25. The van der Waals surface area contributed by atoms with Crippen LogP contribution in [0, 0.1) is 5.92 Å². The van der Waals surface area contributed by atoms with E-state index in [4.69, 9.17) is 4.74 Å². The Morgan fingerprint density at radius 3 is 2.96 bits per heavy atom. The fourth-order valence-electron chi connectivity index (χ4n) is 3.95. The highest BCUT2D eigenvalue weighted by atomic mass is 79.9. The van der Waals surface area contributed by atoms with Gasteiger partial charge < -0.3 is 15.2 Å². The van der Waals surface area contributed by atoms with Gasteiger partial charge in [-0.25, -0.2) is 0 Å². The van der Waals surface area contributed by atoms with Crippen LogP contribution in [0.2, 0.25) is 0 Å². The number of nitrogens with one attached hydrogen (secondary N) is 1. The molecule has 3 unspecified atom stereocenters. The topological polar surface area (TPSA) is 41.5 Å². The van der Waals surface area contributed by atoms with E-state index in [1.54, 1.807) is 6.07 Å². The second kappa shape index (κ2) is 6.17. The molecule has 0 aromatic heterocycles. The number of hydrogen-bond acceptors (Lipinski definition) is 3. The van der Waals surface area contributed by atoms with Crippen LogP contribution in [0.5, 0.6) is 11.5 Å². The number of benzene rings is 2. The maximum atomic E-state index is 10.4. The van der Waals surface area contributed by atoms with E-state index in [0.717, 1.165) is 27.9 Å². The maximum absolute atomic E-state index is 10.4. The Labute approximate surface area is 150 Å². The number of hydrogen-bond donors (Lipinski definition) is 2. The fourth-order valence-corrected chi connectivity index (χ4v) is 4.33. The maximum Gasteiger partial charge on any atom is 0.142 e. The lowest BCUT2D eigenvalue weighted by Crippen LogP contribution is -2.29. The predicted octanol–water partition coefficient (Wildman–Crippen LogP) is 5.38. The molecule has 0 bridgehead atoms. The van der Waals surface area contributed by atoms with E-state index in [1.807, 2.05) is 25.1 Å². The molecule has 4 rings (SSSR count). The van der Waals surface area contributed by atoms with Crippen molar-refractivity contribution in [2.75, 3.05) is 11.9 Å². The summed E-state index contributed by atoms with van der Waals surface area (Å²) in [5, 5.41) is 14.1. The van der Waals surface area contributed by atoms with E-state index >= 15 is 0 Å². The van der Waals surface area contributed by atoms with E-state index in [1.165, 1.54) is 5.56 Å². The van der Waals surface area contributed by atoms with E-state index < -0.39 is 0 Å². The van der Waals surface area contributed by atoms with Crippen LogP contribution in [0.4, 0.5) is 5.69 Å². The van der Waals surface area contributed by atoms with Crippen LogP contribution in [0.15, 0.2) is 53.0 Å². The summed E-state index contributed by atoms with van der Waals surface area (Å²) < 4.78 is 6.81. The summed E-state index contributed by atoms with van der Waals surface area (Å²) >= 11 is 3.53. The lowest BCUT2D eigenvalue weighted by atomic mass is 9.76. The molecular formula is C20H20BrNO2. The number of anilines is 1. The third-order valence-electron chi connectivity index (χ3n) is 4.98. The number of halogens is 1. The molecule has 124 valence electrons. The van der Waals surface area contributed by atoms with Crippen LogP contribution in [-0.4, -0.2) is 11.7 Å². The van der Waals surface area contributed by atoms with E-state index in [9.17, 15) is 5.11 Å². The number of allylic oxidation sites excluding steroid dienone is 2. The SMILES string of the molecule is CCOc1cccc2c1NC(c1cc(Br)ccc1O)C1CC=CC21. The van der Waals surface area contributed by atoms with Gasteiger partial charge in [-0.05, 0) is 49.1 Å². The van der Waals surface area contributed by atoms with Gasteiger partial charge >= 0.3 is 0 Å². The molecule has 1 aliphatic heterocycles. The van der Waals surface area contributed by atoms with Crippen molar-refractivity contribution in [3.8, 4) is 11.5 Å². The van der Waals surface area contributed by atoms with Gasteiger partial charge in [0.25, 0.3) is 0 Å². The molecule has 0 radical (unpaired) electrons. The lowest BCUT2D eigenvalue weighted by Gasteiger charge is -2.38. The molecule has 2 aromatic rings. The molecular weight excluding hydrogens is 366 g/mol. The first-order valence-electron chi connectivity index (χ1n) is 8.36. The zero-order valence-corrected chi connectivity index (χ0v) is 15.1. The Morgan fingerprint density at radius 1 is 1.25 bits per heavy atom. The number of para-hydroxylation sites is 1. The van der Waals surface area contributed by atoms with Gasteiger partial charge in [-0.3, -0.25) is 0 Å². The van der Waals surface area contributed by atoms with Crippen molar-refractivity contribution >= 4 is 21.6 Å². The average molecular weight is 386 g/mol. The molecule has 2 aromatic carbocycles. The van der Waals surface area contributed by atoms with Gasteiger partial charge in [0.1, 0.15) is 11.5 Å². The highest BCUT2D eigenvalue weighted by Gasteiger charge is 2.39. The van der Waals surface area contributed by atoms with Crippen LogP contribution >= 0.6 is 15.9 Å². The van der Waals surface area contributed by atoms with Gasteiger partial charge in [0, 0.05) is 16.0 Å². The molecule has 24 heavy (non-hydrogen) atoms. The fraction of sp³-hybridized carbons (Fsp3) is 0.300. The molecule has 0 saturated heterocycles. The number of phenols is 1. The Hall–Kier alpha value is -1.94. The predicted molar refractivity (Wildman–Crippen MR) is 99.8 cm³/mol. The summed E-state index contributed by atoms with van der Waals surface area (Å²) in [6, 6.07) is 11.9. The quantitative estimate of drug-likeness (QED) is 0.696. The number of fused-ring (bicyclic) bond motifs is 3. The van der Waals surface area contributed by atoms with Gasteiger partial charge in [-0.15, -0.1) is 0 Å². The van der Waals surface area contributed by atoms with Crippen LogP contribution < -0.4 is 10.1 Å². The second-order valence-electron chi connectivity index (χ2n) is 6.33. The number of aromatic hydroxyl groups is 1. The molecule has 2 aliphatic rings. The molecule has 3 nitrogen and oxygen atoms in total. The largest absolute Gasteiger partial charge is 0.508 e. The first-order valence-corrected chi connectivity index (χ1v) is 9.15. The number of ether oxygens (including phenoxy) is 1. The molecule has 1 aliphatic carbocycles. The van der Waals surface area contributed by atoms with Gasteiger partial charge in [0.05, 0.1) is 18.3 Å². The first-order chi connectivity index (χ1) is 11.7. The van der Waals surface area contributed by atoms with Crippen molar-refractivity contribution in [3.63, 3.8) is 0 Å². The molecule has 0 saturated carbocycles. The monoisotopic (exact) mass is 385 g/mol. The van der Waals surface area contributed by atoms with Gasteiger partial charge in [-0.1, -0.05) is 40.2 Å².